The van der Waals surface area contributed by atoms with Crippen molar-refractivity contribution < 1.29 is 14.6 Å². The molecule has 1 atom stereocenters. The summed E-state index contributed by atoms with van der Waals surface area (Å²) in [6, 6.07) is 1.43. The van der Waals surface area contributed by atoms with Crippen molar-refractivity contribution in [1.29, 1.82) is 0 Å². The lowest BCUT2D eigenvalue weighted by atomic mass is 10.2. The normalized spacial score (nSPS) is 12.2. The molecule has 17 heavy (non-hydrogen) atoms. The number of carboxylic acids is 1. The number of hydrogen-bond acceptors (Lipinski definition) is 5. The average molecular weight is 239 g/mol. The highest BCUT2D eigenvalue weighted by molar-refractivity contribution is 5.68. The molecule has 0 radical (unpaired) electrons. The zero-order valence-electron chi connectivity index (χ0n) is 10.2. The van der Waals surface area contributed by atoms with Crippen molar-refractivity contribution in [2.75, 3.05) is 5.32 Å². The van der Waals surface area contributed by atoms with E-state index < -0.39 is 5.97 Å². The van der Waals surface area contributed by atoms with Crippen molar-refractivity contribution in [3.63, 3.8) is 0 Å². The fourth-order valence-corrected chi connectivity index (χ4v) is 1.25. The van der Waals surface area contributed by atoms with E-state index >= 15 is 0 Å². The maximum absolute atomic E-state index is 10.5. The van der Waals surface area contributed by atoms with Gasteiger partial charge >= 0.3 is 5.97 Å². The molecule has 0 saturated carbocycles. The first-order valence-electron chi connectivity index (χ1n) is 5.45. The second-order valence-corrected chi connectivity index (χ2v) is 4.03. The third kappa shape index (κ3) is 5.14. The lowest BCUT2D eigenvalue weighted by Gasteiger charge is -2.13. The monoisotopic (exact) mass is 239 g/mol. The first kappa shape index (κ1) is 13.2. The number of carboxylic acid groups (broad SMARTS) is 1. The van der Waals surface area contributed by atoms with E-state index in [2.05, 4.69) is 15.3 Å². The molecule has 0 aliphatic rings. The Labute approximate surface area is 100 Å². The van der Waals surface area contributed by atoms with Gasteiger partial charge in [0.05, 0.1) is 12.5 Å². The third-order valence-corrected chi connectivity index (χ3v) is 1.84. The molecule has 1 aromatic rings. The summed E-state index contributed by atoms with van der Waals surface area (Å²) >= 11 is 0. The van der Waals surface area contributed by atoms with Gasteiger partial charge in [-0.05, 0) is 20.8 Å². The number of ether oxygens (including phenoxy) is 1. The molecule has 1 heterocycles. The summed E-state index contributed by atoms with van der Waals surface area (Å²) in [6.45, 7) is 5.57. The number of nitrogens with one attached hydrogen (secondary N) is 1. The van der Waals surface area contributed by atoms with Crippen LogP contribution in [-0.4, -0.2) is 33.2 Å². The van der Waals surface area contributed by atoms with E-state index in [4.69, 9.17) is 9.84 Å². The van der Waals surface area contributed by atoms with Gasteiger partial charge in [-0.3, -0.25) is 4.79 Å². The Hall–Kier alpha value is -1.85. The Morgan fingerprint density at radius 2 is 2.24 bits per heavy atom. The van der Waals surface area contributed by atoms with Crippen molar-refractivity contribution >= 4 is 11.9 Å². The van der Waals surface area contributed by atoms with Gasteiger partial charge in [0.1, 0.15) is 0 Å². The van der Waals surface area contributed by atoms with Crippen LogP contribution in [-0.2, 0) is 4.79 Å². The van der Waals surface area contributed by atoms with Crippen LogP contribution in [0.5, 0.6) is 5.88 Å². The molecular weight excluding hydrogens is 222 g/mol. The molecule has 1 unspecified atom stereocenters. The van der Waals surface area contributed by atoms with Gasteiger partial charge in [0.2, 0.25) is 11.8 Å². The zero-order valence-corrected chi connectivity index (χ0v) is 10.2. The van der Waals surface area contributed by atoms with Gasteiger partial charge < -0.3 is 15.2 Å². The maximum atomic E-state index is 10.5. The van der Waals surface area contributed by atoms with Gasteiger partial charge in [0, 0.05) is 18.3 Å². The largest absolute Gasteiger partial charge is 0.481 e. The summed E-state index contributed by atoms with van der Waals surface area (Å²) in [5, 5.41) is 11.5. The van der Waals surface area contributed by atoms with Crippen LogP contribution < -0.4 is 10.1 Å². The second-order valence-electron chi connectivity index (χ2n) is 4.03. The van der Waals surface area contributed by atoms with Crippen LogP contribution in [0.2, 0.25) is 0 Å². The average Bonchev–Trinajstić information content (AvgIpc) is 2.14. The highest BCUT2D eigenvalue weighted by Crippen LogP contribution is 2.11. The molecule has 94 valence electrons. The highest BCUT2D eigenvalue weighted by Gasteiger charge is 2.09. The lowest BCUT2D eigenvalue weighted by Crippen LogP contribution is -2.21. The fraction of sp³-hybridized carbons (Fsp3) is 0.545. The molecular formula is C11H17N3O3. The summed E-state index contributed by atoms with van der Waals surface area (Å²) in [6.07, 6.45) is 1.62. The van der Waals surface area contributed by atoms with Crippen molar-refractivity contribution in [1.82, 2.24) is 9.97 Å². The molecule has 0 fully saturated rings. The third-order valence-electron chi connectivity index (χ3n) is 1.84. The van der Waals surface area contributed by atoms with E-state index in [9.17, 15) is 4.79 Å². The van der Waals surface area contributed by atoms with Crippen molar-refractivity contribution in [3.05, 3.63) is 12.3 Å². The van der Waals surface area contributed by atoms with E-state index in [1.165, 1.54) is 0 Å². The minimum atomic E-state index is -0.861. The SMILES string of the molecule is CC(CC(=O)O)Nc1nccc(OC(C)C)n1. The summed E-state index contributed by atoms with van der Waals surface area (Å²) in [4.78, 5) is 18.6. The van der Waals surface area contributed by atoms with Crippen molar-refractivity contribution in [2.24, 2.45) is 0 Å². The van der Waals surface area contributed by atoms with Crippen LogP contribution in [0.15, 0.2) is 12.3 Å². The summed E-state index contributed by atoms with van der Waals surface area (Å²) < 4.78 is 5.41. The van der Waals surface area contributed by atoms with E-state index in [1.54, 1.807) is 19.2 Å². The van der Waals surface area contributed by atoms with Crippen LogP contribution in [0.3, 0.4) is 0 Å². The molecule has 2 N–H and O–H groups in total. The molecule has 1 aromatic heterocycles. The first-order chi connectivity index (χ1) is 7.97. The Balaban J connectivity index is 2.62. The summed E-state index contributed by atoms with van der Waals surface area (Å²) in [5.41, 5.74) is 0. The van der Waals surface area contributed by atoms with Gasteiger partial charge in [-0.2, -0.15) is 4.98 Å². The second kappa shape index (κ2) is 6.03. The van der Waals surface area contributed by atoms with E-state index in [1.807, 2.05) is 13.8 Å². The number of rotatable bonds is 6. The minimum absolute atomic E-state index is 0.0125. The standard InChI is InChI=1S/C11H17N3O3/c1-7(2)17-9-4-5-12-11(14-9)13-8(3)6-10(15)16/h4-5,7-8H,6H2,1-3H3,(H,15,16)(H,12,13,14). The number of aromatic nitrogens is 2. The Kier molecular flexibility index (Phi) is 4.68. The molecule has 0 bridgehead atoms. The van der Waals surface area contributed by atoms with Crippen LogP contribution in [0.4, 0.5) is 5.95 Å². The number of carbonyl (C=O) groups is 1. The minimum Gasteiger partial charge on any atom is -0.481 e. The predicted molar refractivity (Wildman–Crippen MR) is 63.1 cm³/mol. The van der Waals surface area contributed by atoms with Gasteiger partial charge in [0.15, 0.2) is 0 Å². The topological polar surface area (TPSA) is 84.3 Å². The lowest BCUT2D eigenvalue weighted by molar-refractivity contribution is -0.137. The molecule has 0 spiro atoms. The van der Waals surface area contributed by atoms with Crippen LogP contribution in [0.25, 0.3) is 0 Å². The molecule has 0 aliphatic heterocycles. The zero-order chi connectivity index (χ0) is 12.8. The van der Waals surface area contributed by atoms with E-state index in [-0.39, 0.29) is 18.6 Å². The van der Waals surface area contributed by atoms with Gasteiger partial charge in [-0.1, -0.05) is 0 Å². The Bertz CT molecular complexity index is 382. The number of aliphatic carboxylic acids is 1. The molecule has 6 nitrogen and oxygen atoms in total. The Morgan fingerprint density at radius 1 is 1.53 bits per heavy atom. The molecule has 6 heteroatoms. The van der Waals surface area contributed by atoms with Gasteiger partial charge in [0.25, 0.3) is 0 Å². The van der Waals surface area contributed by atoms with E-state index in [0.29, 0.717) is 11.8 Å². The molecule has 0 saturated heterocycles. The quantitative estimate of drug-likeness (QED) is 0.783. The van der Waals surface area contributed by atoms with Crippen LogP contribution in [0.1, 0.15) is 27.2 Å². The number of nitrogens with zero attached hydrogens (tertiary/aromatic N) is 2. The van der Waals surface area contributed by atoms with Gasteiger partial charge in [-0.25, -0.2) is 4.98 Å². The molecule has 1 rings (SSSR count). The highest BCUT2D eigenvalue weighted by atomic mass is 16.5. The van der Waals surface area contributed by atoms with Crippen LogP contribution >= 0.6 is 0 Å². The summed E-state index contributed by atoms with van der Waals surface area (Å²) in [5.74, 6) is -0.0171. The fourth-order valence-electron chi connectivity index (χ4n) is 1.25. The molecule has 0 amide bonds. The van der Waals surface area contributed by atoms with Crippen LogP contribution in [0, 0.1) is 0 Å². The first-order valence-corrected chi connectivity index (χ1v) is 5.45. The predicted octanol–water partition coefficient (Wildman–Crippen LogP) is 1.54. The van der Waals surface area contributed by atoms with Gasteiger partial charge in [-0.15, -0.1) is 0 Å². The van der Waals surface area contributed by atoms with Crippen molar-refractivity contribution in [3.8, 4) is 5.88 Å². The summed E-state index contributed by atoms with van der Waals surface area (Å²) in [7, 11) is 0. The number of hydrogen-bond donors (Lipinski definition) is 2. The van der Waals surface area contributed by atoms with Crippen molar-refractivity contribution in [2.45, 2.75) is 39.3 Å². The molecule has 0 aliphatic carbocycles. The maximum Gasteiger partial charge on any atom is 0.305 e. The Morgan fingerprint density at radius 3 is 2.82 bits per heavy atom. The van der Waals surface area contributed by atoms with E-state index in [0.717, 1.165) is 0 Å². The molecule has 0 aromatic carbocycles. The number of anilines is 1. The smallest absolute Gasteiger partial charge is 0.305 e.